The number of carboxylic acid groups (broad SMARTS) is 1. The Labute approximate surface area is 241 Å². The molecule has 1 aliphatic heterocycles. The highest BCUT2D eigenvalue weighted by Gasteiger charge is 2.36. The van der Waals surface area contributed by atoms with E-state index in [-0.39, 0.29) is 5.41 Å². The van der Waals surface area contributed by atoms with E-state index in [4.69, 9.17) is 9.72 Å². The van der Waals surface area contributed by atoms with Gasteiger partial charge >= 0.3 is 5.97 Å². The monoisotopic (exact) mass is 549 g/mol. The van der Waals surface area contributed by atoms with Crippen LogP contribution in [0.15, 0.2) is 24.3 Å². The van der Waals surface area contributed by atoms with Gasteiger partial charge in [-0.3, -0.25) is 4.98 Å². The number of hydrogen-bond donors (Lipinski definition) is 2. The van der Waals surface area contributed by atoms with E-state index >= 15 is 0 Å². The van der Waals surface area contributed by atoms with E-state index in [1.54, 1.807) is 0 Å². The van der Waals surface area contributed by atoms with Crippen LogP contribution in [-0.2, 0) is 16.1 Å². The second kappa shape index (κ2) is 12.6. The van der Waals surface area contributed by atoms with E-state index in [9.17, 15) is 9.90 Å². The first-order valence-electron chi connectivity index (χ1n) is 15.3. The van der Waals surface area contributed by atoms with Crippen molar-refractivity contribution in [2.75, 3.05) is 24.5 Å². The molecule has 1 aromatic heterocycles. The van der Waals surface area contributed by atoms with Crippen LogP contribution in [0.25, 0.3) is 11.1 Å². The molecule has 6 nitrogen and oxygen atoms in total. The van der Waals surface area contributed by atoms with Gasteiger partial charge in [0.25, 0.3) is 0 Å². The number of nitrogens with one attached hydrogen (secondary N) is 1. The number of hydrogen-bond acceptors (Lipinski definition) is 5. The molecule has 4 rings (SSSR count). The van der Waals surface area contributed by atoms with Gasteiger partial charge in [0.1, 0.15) is 0 Å². The van der Waals surface area contributed by atoms with Crippen molar-refractivity contribution in [1.82, 2.24) is 10.3 Å². The molecule has 2 aromatic rings. The molecule has 220 valence electrons. The molecular weight excluding hydrogens is 498 g/mol. The van der Waals surface area contributed by atoms with Gasteiger partial charge in [0.2, 0.25) is 0 Å². The van der Waals surface area contributed by atoms with Crippen molar-refractivity contribution in [2.24, 2.45) is 11.3 Å². The number of nitrogens with zero attached hydrogens (tertiary/aromatic N) is 2. The van der Waals surface area contributed by atoms with Crippen molar-refractivity contribution < 1.29 is 14.6 Å². The van der Waals surface area contributed by atoms with Crippen LogP contribution in [0.1, 0.15) is 108 Å². The zero-order valence-electron chi connectivity index (χ0n) is 25.9. The highest BCUT2D eigenvalue weighted by molar-refractivity contribution is 5.88. The first kappa shape index (κ1) is 30.5. The highest BCUT2D eigenvalue weighted by atomic mass is 16.5. The van der Waals surface area contributed by atoms with Crippen molar-refractivity contribution in [3.05, 3.63) is 46.8 Å². The summed E-state index contributed by atoms with van der Waals surface area (Å²) < 4.78 is 6.21. The first-order chi connectivity index (χ1) is 18.8. The maximum Gasteiger partial charge on any atom is 0.337 e. The first-order valence-corrected chi connectivity index (χ1v) is 15.3. The number of ether oxygens (including phenoxy) is 1. The molecule has 2 heterocycles. The molecule has 1 atom stereocenters. The van der Waals surface area contributed by atoms with E-state index in [2.05, 4.69) is 48.3 Å². The van der Waals surface area contributed by atoms with Crippen LogP contribution in [0.5, 0.6) is 0 Å². The van der Waals surface area contributed by atoms with Gasteiger partial charge in [0.05, 0.1) is 11.3 Å². The summed E-state index contributed by atoms with van der Waals surface area (Å²) in [4.78, 5) is 20.0. The molecule has 1 saturated carbocycles. The van der Waals surface area contributed by atoms with Gasteiger partial charge in [-0.1, -0.05) is 57.4 Å². The predicted octanol–water partition coefficient (Wildman–Crippen LogP) is 7.60. The second-order valence-corrected chi connectivity index (χ2v) is 13.9. The van der Waals surface area contributed by atoms with E-state index in [1.165, 1.54) is 37.7 Å². The third kappa shape index (κ3) is 7.64. The van der Waals surface area contributed by atoms with Crippen molar-refractivity contribution >= 4 is 11.7 Å². The SMILES string of the molecule is Cc1nc(C)c(C(OC(C)(C)C)C(=O)O)c(N2CCC(C)(C)CC2)c1-c1ccc(CNCC2CCCCC2)cc1. The van der Waals surface area contributed by atoms with Gasteiger partial charge in [-0.15, -0.1) is 0 Å². The highest BCUT2D eigenvalue weighted by Crippen LogP contribution is 2.44. The molecule has 2 aliphatic rings. The minimum atomic E-state index is -1.10. The van der Waals surface area contributed by atoms with Crippen molar-refractivity contribution in [1.29, 1.82) is 0 Å². The largest absolute Gasteiger partial charge is 0.479 e. The molecule has 0 bridgehead atoms. The maximum absolute atomic E-state index is 12.7. The summed E-state index contributed by atoms with van der Waals surface area (Å²) in [5, 5.41) is 14.1. The molecule has 0 amide bonds. The van der Waals surface area contributed by atoms with Crippen LogP contribution >= 0.6 is 0 Å². The van der Waals surface area contributed by atoms with Crippen LogP contribution < -0.4 is 10.2 Å². The van der Waals surface area contributed by atoms with E-state index in [1.807, 2.05) is 34.6 Å². The van der Waals surface area contributed by atoms with Crippen LogP contribution in [-0.4, -0.2) is 41.3 Å². The molecule has 1 unspecified atom stereocenters. The summed E-state index contributed by atoms with van der Waals surface area (Å²) in [5.74, 6) is -0.171. The van der Waals surface area contributed by atoms with Gasteiger partial charge < -0.3 is 20.1 Å². The summed E-state index contributed by atoms with van der Waals surface area (Å²) >= 11 is 0. The fourth-order valence-corrected chi connectivity index (χ4v) is 6.36. The molecule has 40 heavy (non-hydrogen) atoms. The van der Waals surface area contributed by atoms with Gasteiger partial charge in [0, 0.05) is 42.1 Å². The molecule has 0 spiro atoms. The smallest absolute Gasteiger partial charge is 0.337 e. The lowest BCUT2D eigenvalue weighted by Crippen LogP contribution is -2.39. The minimum Gasteiger partial charge on any atom is -0.479 e. The fraction of sp³-hybridized carbons (Fsp3) is 0.647. The Kier molecular flexibility index (Phi) is 9.62. The number of benzene rings is 1. The van der Waals surface area contributed by atoms with Crippen LogP contribution in [0.2, 0.25) is 0 Å². The summed E-state index contributed by atoms with van der Waals surface area (Å²) in [6.45, 7) is 18.0. The third-order valence-electron chi connectivity index (χ3n) is 8.70. The molecule has 1 aromatic carbocycles. The standard InChI is InChI=1S/C34H51N3O3/c1-23-28(27-15-13-26(14-16-27)22-35-21-25-11-9-8-10-12-25)30(37-19-17-34(6,7)18-20-37)29(24(2)36-23)31(32(38)39)40-33(3,4)5/h13-16,25,31,35H,8-12,17-22H2,1-7H3,(H,38,39). The lowest BCUT2D eigenvalue weighted by Gasteiger charge is -2.41. The molecule has 2 N–H and O–H groups in total. The number of aromatic nitrogens is 1. The summed E-state index contributed by atoms with van der Waals surface area (Å²) in [7, 11) is 0. The number of pyridine rings is 1. The average Bonchev–Trinajstić information content (AvgIpc) is 2.88. The van der Waals surface area contributed by atoms with Gasteiger partial charge in [0.15, 0.2) is 6.10 Å². The van der Waals surface area contributed by atoms with E-state index in [0.717, 1.165) is 73.1 Å². The molecule has 1 aliphatic carbocycles. The minimum absolute atomic E-state index is 0.272. The van der Waals surface area contributed by atoms with Crippen LogP contribution in [0.4, 0.5) is 5.69 Å². The Morgan fingerprint density at radius 1 is 1.07 bits per heavy atom. The lowest BCUT2D eigenvalue weighted by molar-refractivity contribution is -0.160. The Morgan fingerprint density at radius 2 is 1.70 bits per heavy atom. The number of carboxylic acids is 1. The van der Waals surface area contributed by atoms with Crippen molar-refractivity contribution in [2.45, 2.75) is 112 Å². The number of anilines is 1. The van der Waals surface area contributed by atoms with Gasteiger partial charge in [-0.25, -0.2) is 4.79 Å². The number of aliphatic carboxylic acids is 1. The maximum atomic E-state index is 12.7. The van der Waals surface area contributed by atoms with Crippen LogP contribution in [0.3, 0.4) is 0 Å². The number of aryl methyl sites for hydroxylation is 2. The Morgan fingerprint density at radius 3 is 2.27 bits per heavy atom. The predicted molar refractivity (Wildman–Crippen MR) is 164 cm³/mol. The van der Waals surface area contributed by atoms with E-state index in [0.29, 0.717) is 5.56 Å². The van der Waals surface area contributed by atoms with Crippen LogP contribution in [0, 0.1) is 25.2 Å². The Bertz CT molecular complexity index is 1150. The second-order valence-electron chi connectivity index (χ2n) is 13.9. The van der Waals surface area contributed by atoms with Crippen molar-refractivity contribution in [3.8, 4) is 11.1 Å². The van der Waals surface area contributed by atoms with Gasteiger partial charge in [-0.2, -0.15) is 0 Å². The average molecular weight is 550 g/mol. The zero-order valence-corrected chi connectivity index (χ0v) is 25.9. The quantitative estimate of drug-likeness (QED) is 0.335. The number of piperidine rings is 1. The molecular formula is C34H51N3O3. The summed E-state index contributed by atoms with van der Waals surface area (Å²) in [5.41, 5.74) is 6.31. The summed E-state index contributed by atoms with van der Waals surface area (Å²) in [6, 6.07) is 8.76. The molecule has 2 fully saturated rings. The zero-order chi connectivity index (χ0) is 29.1. The topological polar surface area (TPSA) is 74.7 Å². The van der Waals surface area contributed by atoms with Gasteiger partial charge in [-0.05, 0) is 89.3 Å². The molecule has 0 radical (unpaired) electrons. The Hall–Kier alpha value is -2.44. The number of rotatable bonds is 9. The fourth-order valence-electron chi connectivity index (χ4n) is 6.36. The molecule has 1 saturated heterocycles. The lowest BCUT2D eigenvalue weighted by atomic mass is 9.81. The third-order valence-corrected chi connectivity index (χ3v) is 8.70. The van der Waals surface area contributed by atoms with E-state index < -0.39 is 17.7 Å². The molecule has 6 heteroatoms. The van der Waals surface area contributed by atoms with Crippen molar-refractivity contribution in [3.63, 3.8) is 0 Å². The number of carbonyl (C=O) groups is 1. The Balaban J connectivity index is 1.70. The summed E-state index contributed by atoms with van der Waals surface area (Å²) in [6.07, 6.45) is 7.83. The normalized spacial score (nSPS) is 19.0.